The molecule has 5 heteroatoms. The minimum Gasteiger partial charge on any atom is -0.467 e. The Bertz CT molecular complexity index is 804. The summed E-state index contributed by atoms with van der Waals surface area (Å²) < 4.78 is 18.1. The number of benzene rings is 1. The van der Waals surface area contributed by atoms with Crippen molar-refractivity contribution in [2.45, 2.75) is 6.54 Å². The third-order valence-electron chi connectivity index (χ3n) is 3.17. The van der Waals surface area contributed by atoms with Gasteiger partial charge in [-0.3, -0.25) is 4.79 Å². The van der Waals surface area contributed by atoms with Crippen LogP contribution in [0.25, 0.3) is 16.5 Å². The molecule has 23 heavy (non-hydrogen) atoms. The molecule has 0 radical (unpaired) electrons. The number of furan rings is 1. The van der Waals surface area contributed by atoms with Crippen molar-refractivity contribution in [2.24, 2.45) is 0 Å². The Morgan fingerprint density at radius 3 is 2.74 bits per heavy atom. The molecule has 0 bridgehead atoms. The second-order valence-corrected chi connectivity index (χ2v) is 5.95. The van der Waals surface area contributed by atoms with Crippen molar-refractivity contribution in [3.63, 3.8) is 0 Å². The highest BCUT2D eigenvalue weighted by Crippen LogP contribution is 2.28. The second kappa shape index (κ2) is 7.07. The molecule has 0 aliphatic carbocycles. The van der Waals surface area contributed by atoms with E-state index in [1.165, 1.54) is 18.2 Å². The van der Waals surface area contributed by atoms with Crippen molar-refractivity contribution < 1.29 is 13.6 Å². The lowest BCUT2D eigenvalue weighted by Crippen LogP contribution is -2.19. The summed E-state index contributed by atoms with van der Waals surface area (Å²) in [5, 5.41) is 2.74. The van der Waals surface area contributed by atoms with E-state index in [2.05, 4.69) is 5.32 Å². The second-order valence-electron chi connectivity index (χ2n) is 4.84. The number of carbonyl (C=O) groups is 1. The van der Waals surface area contributed by atoms with Crippen LogP contribution in [0.1, 0.15) is 10.6 Å². The third kappa shape index (κ3) is 4.17. The number of hydrogen-bond donors (Lipinski definition) is 1. The van der Waals surface area contributed by atoms with Crippen LogP contribution in [0.2, 0.25) is 0 Å². The standard InChI is InChI=1S/C18H14FNO2S/c19-14-5-3-13(4-6-14)17-9-7-16(23-17)8-10-18(21)20-12-15-2-1-11-22-15/h1-11H,12H2,(H,20,21)/b10-8+. The summed E-state index contributed by atoms with van der Waals surface area (Å²) in [7, 11) is 0. The fourth-order valence-corrected chi connectivity index (χ4v) is 2.93. The highest BCUT2D eigenvalue weighted by molar-refractivity contribution is 7.16. The van der Waals surface area contributed by atoms with E-state index in [0.717, 1.165) is 15.3 Å². The molecule has 0 aliphatic rings. The zero-order valence-electron chi connectivity index (χ0n) is 12.2. The summed E-state index contributed by atoms with van der Waals surface area (Å²) >= 11 is 1.54. The SMILES string of the molecule is O=C(/C=C/c1ccc(-c2ccc(F)cc2)s1)NCc1ccco1. The van der Waals surface area contributed by atoms with Crippen LogP contribution >= 0.6 is 11.3 Å². The summed E-state index contributed by atoms with van der Waals surface area (Å²) in [6.45, 7) is 0.363. The highest BCUT2D eigenvalue weighted by atomic mass is 32.1. The molecule has 3 nitrogen and oxygen atoms in total. The van der Waals surface area contributed by atoms with Crippen LogP contribution in [0.15, 0.2) is 65.3 Å². The van der Waals surface area contributed by atoms with Crippen molar-refractivity contribution >= 4 is 23.3 Å². The first-order chi connectivity index (χ1) is 11.2. The predicted octanol–water partition coefficient (Wildman–Crippen LogP) is 4.48. The first-order valence-corrected chi connectivity index (χ1v) is 7.86. The number of carbonyl (C=O) groups excluding carboxylic acids is 1. The lowest BCUT2D eigenvalue weighted by molar-refractivity contribution is -0.116. The molecule has 0 aliphatic heterocycles. The molecular formula is C18H14FNO2S. The van der Waals surface area contributed by atoms with Crippen LogP contribution in [0.3, 0.4) is 0 Å². The van der Waals surface area contributed by atoms with Gasteiger partial charge in [-0.05, 0) is 48.0 Å². The van der Waals surface area contributed by atoms with Gasteiger partial charge in [-0.1, -0.05) is 12.1 Å². The number of thiophene rings is 1. The maximum atomic E-state index is 12.9. The number of nitrogens with one attached hydrogen (secondary N) is 1. The maximum absolute atomic E-state index is 12.9. The average Bonchev–Trinajstić information content (AvgIpc) is 3.23. The van der Waals surface area contributed by atoms with Crippen molar-refractivity contribution in [3.05, 3.63) is 77.3 Å². The topological polar surface area (TPSA) is 42.2 Å². The summed E-state index contributed by atoms with van der Waals surface area (Å²) in [6, 6.07) is 13.8. The van der Waals surface area contributed by atoms with Gasteiger partial charge in [0.2, 0.25) is 5.91 Å². The zero-order valence-corrected chi connectivity index (χ0v) is 13.0. The van der Waals surface area contributed by atoms with Crippen LogP contribution in [-0.2, 0) is 11.3 Å². The van der Waals surface area contributed by atoms with E-state index in [0.29, 0.717) is 12.3 Å². The molecule has 1 amide bonds. The minimum atomic E-state index is -0.251. The fourth-order valence-electron chi connectivity index (χ4n) is 2.02. The van der Waals surface area contributed by atoms with Crippen molar-refractivity contribution in [1.29, 1.82) is 0 Å². The summed E-state index contributed by atoms with van der Waals surface area (Å²) in [6.07, 6.45) is 4.82. The molecule has 0 spiro atoms. The van der Waals surface area contributed by atoms with Gasteiger partial charge >= 0.3 is 0 Å². The lowest BCUT2D eigenvalue weighted by atomic mass is 10.2. The van der Waals surface area contributed by atoms with Gasteiger partial charge in [0.15, 0.2) is 0 Å². The highest BCUT2D eigenvalue weighted by Gasteiger charge is 2.03. The first kappa shape index (κ1) is 15.2. The number of hydrogen-bond acceptors (Lipinski definition) is 3. The number of amides is 1. The van der Waals surface area contributed by atoms with Gasteiger partial charge in [-0.15, -0.1) is 11.3 Å². The monoisotopic (exact) mass is 327 g/mol. The quantitative estimate of drug-likeness (QED) is 0.702. The molecule has 0 fully saturated rings. The largest absolute Gasteiger partial charge is 0.467 e. The van der Waals surface area contributed by atoms with Gasteiger partial charge in [0.25, 0.3) is 0 Å². The summed E-state index contributed by atoms with van der Waals surface area (Å²) in [5.74, 6) is 0.276. The van der Waals surface area contributed by atoms with Gasteiger partial charge in [0.05, 0.1) is 12.8 Å². The Morgan fingerprint density at radius 1 is 1.17 bits per heavy atom. The van der Waals surface area contributed by atoms with E-state index >= 15 is 0 Å². The van der Waals surface area contributed by atoms with Crippen molar-refractivity contribution in [2.75, 3.05) is 0 Å². The molecule has 0 saturated heterocycles. The summed E-state index contributed by atoms with van der Waals surface area (Å²) in [5.41, 5.74) is 0.957. The summed E-state index contributed by atoms with van der Waals surface area (Å²) in [4.78, 5) is 13.7. The van der Waals surface area contributed by atoms with Crippen LogP contribution in [-0.4, -0.2) is 5.91 Å². The van der Waals surface area contributed by atoms with E-state index in [1.807, 2.05) is 12.1 Å². The molecule has 3 aromatic rings. The van der Waals surface area contributed by atoms with Gasteiger partial charge in [0, 0.05) is 15.8 Å². The van der Waals surface area contributed by atoms with Gasteiger partial charge in [0.1, 0.15) is 11.6 Å². The molecule has 2 heterocycles. The first-order valence-electron chi connectivity index (χ1n) is 7.05. The molecular weight excluding hydrogens is 313 g/mol. The van der Waals surface area contributed by atoms with Gasteiger partial charge in [-0.25, -0.2) is 4.39 Å². The molecule has 2 aromatic heterocycles. The Balaban J connectivity index is 1.59. The normalized spacial score (nSPS) is 11.0. The Morgan fingerprint density at radius 2 is 2.00 bits per heavy atom. The van der Waals surface area contributed by atoms with Crippen LogP contribution in [0.5, 0.6) is 0 Å². The minimum absolute atomic E-state index is 0.182. The average molecular weight is 327 g/mol. The van der Waals surface area contributed by atoms with E-state index in [9.17, 15) is 9.18 Å². The van der Waals surface area contributed by atoms with Crippen molar-refractivity contribution in [1.82, 2.24) is 5.32 Å². The molecule has 0 unspecified atom stereocenters. The van der Waals surface area contributed by atoms with E-state index in [1.54, 1.807) is 47.9 Å². The van der Waals surface area contributed by atoms with E-state index < -0.39 is 0 Å². The Hall–Kier alpha value is -2.66. The van der Waals surface area contributed by atoms with Crippen LogP contribution in [0, 0.1) is 5.82 Å². The molecule has 0 atom stereocenters. The lowest BCUT2D eigenvalue weighted by Gasteiger charge is -1.98. The smallest absolute Gasteiger partial charge is 0.244 e. The Labute approximate surface area is 137 Å². The Kier molecular flexibility index (Phi) is 4.68. The van der Waals surface area contributed by atoms with Crippen molar-refractivity contribution in [3.8, 4) is 10.4 Å². The molecule has 0 saturated carbocycles. The number of rotatable bonds is 5. The van der Waals surface area contributed by atoms with E-state index in [4.69, 9.17) is 4.42 Å². The molecule has 116 valence electrons. The zero-order chi connectivity index (χ0) is 16.1. The predicted molar refractivity (Wildman–Crippen MR) is 89.3 cm³/mol. The fraction of sp³-hybridized carbons (Fsp3) is 0.0556. The van der Waals surface area contributed by atoms with Gasteiger partial charge < -0.3 is 9.73 Å². The molecule has 1 N–H and O–H groups in total. The third-order valence-corrected chi connectivity index (χ3v) is 4.27. The number of halogens is 1. The van der Waals surface area contributed by atoms with Crippen LogP contribution in [0.4, 0.5) is 4.39 Å². The molecule has 1 aromatic carbocycles. The molecule has 3 rings (SSSR count). The van der Waals surface area contributed by atoms with Crippen LogP contribution < -0.4 is 5.32 Å². The maximum Gasteiger partial charge on any atom is 0.244 e. The van der Waals surface area contributed by atoms with E-state index in [-0.39, 0.29) is 11.7 Å². The van der Waals surface area contributed by atoms with Gasteiger partial charge in [-0.2, -0.15) is 0 Å².